The molecule has 1 unspecified atom stereocenters. The molecule has 1 fully saturated rings. The summed E-state index contributed by atoms with van der Waals surface area (Å²) in [5, 5.41) is 2.54. The summed E-state index contributed by atoms with van der Waals surface area (Å²) < 4.78 is 10.9. The molecule has 1 atom stereocenters. The maximum atomic E-state index is 12.6. The first kappa shape index (κ1) is 15.3. The van der Waals surface area contributed by atoms with Gasteiger partial charge in [-0.15, -0.1) is 0 Å². The molecule has 2 amide bonds. The number of nitrogens with zero attached hydrogens (tertiary/aromatic N) is 1. The predicted octanol–water partition coefficient (Wildman–Crippen LogP) is 0.672. The molecule has 0 aliphatic carbocycles. The molecular formula is C15H20N2O4. The minimum absolute atomic E-state index is 0.142. The fourth-order valence-corrected chi connectivity index (χ4v) is 2.25. The molecular weight excluding hydrogens is 272 g/mol. The van der Waals surface area contributed by atoms with Gasteiger partial charge >= 0.3 is 0 Å². The number of hydrogen-bond donors (Lipinski definition) is 1. The minimum Gasteiger partial charge on any atom is -0.493 e. The van der Waals surface area contributed by atoms with Crippen LogP contribution in [-0.2, 0) is 9.53 Å². The van der Waals surface area contributed by atoms with Gasteiger partial charge in [-0.05, 0) is 19.1 Å². The molecule has 1 saturated heterocycles. The average Bonchev–Trinajstić information content (AvgIpc) is 2.54. The van der Waals surface area contributed by atoms with Crippen molar-refractivity contribution in [3.8, 4) is 5.75 Å². The maximum Gasteiger partial charge on any atom is 0.257 e. The highest BCUT2D eigenvalue weighted by atomic mass is 16.5. The lowest BCUT2D eigenvalue weighted by molar-refractivity contribution is -0.136. The third-order valence-electron chi connectivity index (χ3n) is 3.31. The number of hydrogen-bond acceptors (Lipinski definition) is 4. The largest absolute Gasteiger partial charge is 0.493 e. The molecule has 0 radical (unpaired) electrons. The van der Waals surface area contributed by atoms with Crippen molar-refractivity contribution in [2.45, 2.75) is 13.0 Å². The van der Waals surface area contributed by atoms with Crippen molar-refractivity contribution < 1.29 is 19.1 Å². The van der Waals surface area contributed by atoms with Gasteiger partial charge in [-0.2, -0.15) is 0 Å². The molecule has 0 bridgehead atoms. The van der Waals surface area contributed by atoms with E-state index in [-0.39, 0.29) is 18.4 Å². The van der Waals surface area contributed by atoms with Crippen molar-refractivity contribution in [3.05, 3.63) is 29.8 Å². The van der Waals surface area contributed by atoms with E-state index in [0.29, 0.717) is 31.1 Å². The Balaban J connectivity index is 2.14. The Hall–Kier alpha value is -2.08. The third kappa shape index (κ3) is 3.52. The molecule has 0 aromatic heterocycles. The van der Waals surface area contributed by atoms with E-state index in [0.717, 1.165) is 0 Å². The van der Waals surface area contributed by atoms with Crippen LogP contribution in [0.4, 0.5) is 0 Å². The number of para-hydroxylation sites is 1. The van der Waals surface area contributed by atoms with E-state index >= 15 is 0 Å². The van der Waals surface area contributed by atoms with Gasteiger partial charge in [-0.25, -0.2) is 0 Å². The second kappa shape index (κ2) is 7.08. The average molecular weight is 292 g/mol. The second-order valence-electron chi connectivity index (χ2n) is 4.65. The molecule has 6 heteroatoms. The summed E-state index contributed by atoms with van der Waals surface area (Å²) in [4.78, 5) is 25.9. The molecule has 1 aliphatic heterocycles. The molecule has 2 rings (SSSR count). The summed E-state index contributed by atoms with van der Waals surface area (Å²) in [6, 6.07) is 7.13. The Bertz CT molecular complexity index is 518. The molecule has 1 aliphatic rings. The highest BCUT2D eigenvalue weighted by molar-refractivity contribution is 5.97. The van der Waals surface area contributed by atoms with Crippen LogP contribution in [0.3, 0.4) is 0 Å². The van der Waals surface area contributed by atoms with Crippen LogP contribution in [0.1, 0.15) is 17.3 Å². The fraction of sp³-hybridized carbons (Fsp3) is 0.467. The van der Waals surface area contributed by atoms with Crippen LogP contribution in [-0.4, -0.2) is 56.2 Å². The van der Waals surface area contributed by atoms with E-state index in [2.05, 4.69) is 5.32 Å². The van der Waals surface area contributed by atoms with Gasteiger partial charge in [-0.3, -0.25) is 9.59 Å². The highest BCUT2D eigenvalue weighted by Crippen LogP contribution is 2.21. The number of carbonyl (C=O) groups excluding carboxylic acids is 2. The van der Waals surface area contributed by atoms with Gasteiger partial charge in [0.05, 0.1) is 25.3 Å². The molecule has 1 N–H and O–H groups in total. The molecule has 0 saturated carbocycles. The van der Waals surface area contributed by atoms with E-state index in [1.165, 1.54) is 0 Å². The lowest BCUT2D eigenvalue weighted by Crippen LogP contribution is -2.51. The first-order valence-electron chi connectivity index (χ1n) is 7.01. The van der Waals surface area contributed by atoms with E-state index in [1.54, 1.807) is 30.1 Å². The number of carbonyl (C=O) groups is 2. The monoisotopic (exact) mass is 292 g/mol. The topological polar surface area (TPSA) is 67.9 Å². The van der Waals surface area contributed by atoms with Crippen molar-refractivity contribution in [2.75, 3.05) is 33.4 Å². The standard InChI is InChI=1S/C15H20N2O4/c1-3-20-12-7-5-4-6-11(12)15(19)17-8-9-21-13(10-17)14(18)16-2/h4-7,13H,3,8-10H2,1-2H3,(H,16,18). The second-order valence-corrected chi connectivity index (χ2v) is 4.65. The molecule has 0 spiro atoms. The number of amides is 2. The van der Waals surface area contributed by atoms with Crippen molar-refractivity contribution >= 4 is 11.8 Å². The van der Waals surface area contributed by atoms with E-state index in [9.17, 15) is 9.59 Å². The summed E-state index contributed by atoms with van der Waals surface area (Å²) in [6.45, 7) is 3.43. The Labute approximate surface area is 124 Å². The zero-order valence-corrected chi connectivity index (χ0v) is 12.3. The van der Waals surface area contributed by atoms with E-state index in [4.69, 9.17) is 9.47 Å². The van der Waals surface area contributed by atoms with Crippen LogP contribution < -0.4 is 10.1 Å². The van der Waals surface area contributed by atoms with Crippen LogP contribution in [0.25, 0.3) is 0 Å². The summed E-state index contributed by atoms with van der Waals surface area (Å²) in [6.07, 6.45) is -0.619. The van der Waals surface area contributed by atoms with Gasteiger partial charge in [-0.1, -0.05) is 12.1 Å². The first-order chi connectivity index (χ1) is 10.2. The number of rotatable bonds is 4. The van der Waals surface area contributed by atoms with Gasteiger partial charge in [0.2, 0.25) is 0 Å². The SMILES string of the molecule is CCOc1ccccc1C(=O)N1CCOC(C(=O)NC)C1. The molecule has 1 heterocycles. The molecule has 1 aromatic rings. The fourth-order valence-electron chi connectivity index (χ4n) is 2.25. The number of likely N-dealkylation sites (N-methyl/N-ethyl adjacent to an activating group) is 1. The zero-order chi connectivity index (χ0) is 15.2. The molecule has 21 heavy (non-hydrogen) atoms. The van der Waals surface area contributed by atoms with Crippen LogP contribution in [0, 0.1) is 0 Å². The normalized spacial score (nSPS) is 18.2. The zero-order valence-electron chi connectivity index (χ0n) is 12.3. The van der Waals surface area contributed by atoms with Crippen molar-refractivity contribution in [1.29, 1.82) is 0 Å². The van der Waals surface area contributed by atoms with Crippen molar-refractivity contribution in [2.24, 2.45) is 0 Å². The van der Waals surface area contributed by atoms with Gasteiger partial charge < -0.3 is 19.7 Å². The third-order valence-corrected chi connectivity index (χ3v) is 3.31. The van der Waals surface area contributed by atoms with Crippen LogP contribution in [0.5, 0.6) is 5.75 Å². The van der Waals surface area contributed by atoms with Crippen molar-refractivity contribution in [3.63, 3.8) is 0 Å². The number of morpholine rings is 1. The predicted molar refractivity (Wildman–Crippen MR) is 77.3 cm³/mol. The summed E-state index contributed by atoms with van der Waals surface area (Å²) in [7, 11) is 1.55. The summed E-state index contributed by atoms with van der Waals surface area (Å²) in [5.41, 5.74) is 0.511. The van der Waals surface area contributed by atoms with E-state index in [1.807, 2.05) is 13.0 Å². The Morgan fingerprint density at radius 3 is 2.90 bits per heavy atom. The Morgan fingerprint density at radius 1 is 1.43 bits per heavy atom. The molecule has 114 valence electrons. The first-order valence-corrected chi connectivity index (χ1v) is 7.01. The lowest BCUT2D eigenvalue weighted by Gasteiger charge is -2.32. The maximum absolute atomic E-state index is 12.6. The number of benzene rings is 1. The van der Waals surface area contributed by atoms with Crippen molar-refractivity contribution in [1.82, 2.24) is 10.2 Å². The van der Waals surface area contributed by atoms with Gasteiger partial charge in [0.15, 0.2) is 6.10 Å². The molecule has 6 nitrogen and oxygen atoms in total. The lowest BCUT2D eigenvalue weighted by atomic mass is 10.1. The summed E-state index contributed by atoms with van der Waals surface area (Å²) in [5.74, 6) is 0.204. The molecule has 1 aromatic carbocycles. The number of nitrogens with one attached hydrogen (secondary N) is 1. The quantitative estimate of drug-likeness (QED) is 0.886. The number of ether oxygens (including phenoxy) is 2. The highest BCUT2D eigenvalue weighted by Gasteiger charge is 2.30. The Morgan fingerprint density at radius 2 is 2.19 bits per heavy atom. The Kier molecular flexibility index (Phi) is 5.16. The summed E-state index contributed by atoms with van der Waals surface area (Å²) >= 11 is 0. The van der Waals surface area contributed by atoms with Crippen LogP contribution >= 0.6 is 0 Å². The van der Waals surface area contributed by atoms with E-state index < -0.39 is 6.10 Å². The van der Waals surface area contributed by atoms with Gasteiger partial charge in [0.25, 0.3) is 11.8 Å². The van der Waals surface area contributed by atoms with Crippen LogP contribution in [0.2, 0.25) is 0 Å². The van der Waals surface area contributed by atoms with Gasteiger partial charge in [0.1, 0.15) is 5.75 Å². The van der Waals surface area contributed by atoms with Gasteiger partial charge in [0, 0.05) is 13.6 Å². The minimum atomic E-state index is -0.619. The smallest absolute Gasteiger partial charge is 0.257 e. The van der Waals surface area contributed by atoms with Crippen LogP contribution in [0.15, 0.2) is 24.3 Å².